The lowest BCUT2D eigenvalue weighted by atomic mass is 10.1. The fourth-order valence-corrected chi connectivity index (χ4v) is 3.00. The van der Waals surface area contributed by atoms with E-state index < -0.39 is 0 Å². The molecule has 2 aromatic carbocycles. The van der Waals surface area contributed by atoms with Crippen molar-refractivity contribution in [1.29, 1.82) is 5.26 Å². The van der Waals surface area contributed by atoms with Crippen molar-refractivity contribution < 1.29 is 4.79 Å². The predicted molar refractivity (Wildman–Crippen MR) is 94.3 cm³/mol. The fourth-order valence-electron chi connectivity index (χ4n) is 2.05. The lowest BCUT2D eigenvalue weighted by Crippen LogP contribution is -2.22. The maximum absolute atomic E-state index is 11.9. The van der Waals surface area contributed by atoms with Crippen molar-refractivity contribution >= 4 is 17.7 Å². The highest BCUT2D eigenvalue weighted by atomic mass is 32.2. The first kappa shape index (κ1) is 17.1. The SMILES string of the molecule is Cc1ccc(SCCC(=O)NCc2ccc(C#N)cc2)cc1C. The summed E-state index contributed by atoms with van der Waals surface area (Å²) in [5.74, 6) is 0.813. The van der Waals surface area contributed by atoms with Gasteiger partial charge >= 0.3 is 0 Å². The fraction of sp³-hybridized carbons (Fsp3) is 0.263. The number of nitrogens with zero attached hydrogens (tertiary/aromatic N) is 1. The van der Waals surface area contributed by atoms with E-state index in [1.165, 1.54) is 16.0 Å². The van der Waals surface area contributed by atoms with Gasteiger partial charge in [0, 0.05) is 23.6 Å². The first-order chi connectivity index (χ1) is 11.1. The Morgan fingerprint density at radius 3 is 2.52 bits per heavy atom. The zero-order chi connectivity index (χ0) is 16.7. The molecule has 0 aliphatic carbocycles. The smallest absolute Gasteiger partial charge is 0.221 e. The molecule has 2 aromatic rings. The summed E-state index contributed by atoms with van der Waals surface area (Å²) in [6.07, 6.45) is 0.494. The van der Waals surface area contributed by atoms with Crippen LogP contribution in [-0.2, 0) is 11.3 Å². The molecule has 0 bridgehead atoms. The molecule has 4 heteroatoms. The third kappa shape index (κ3) is 5.46. The minimum atomic E-state index is 0.0469. The van der Waals surface area contributed by atoms with E-state index in [2.05, 4.69) is 43.4 Å². The van der Waals surface area contributed by atoms with Gasteiger partial charge in [-0.3, -0.25) is 4.79 Å². The summed E-state index contributed by atoms with van der Waals surface area (Å²) >= 11 is 1.70. The molecule has 0 heterocycles. The first-order valence-electron chi connectivity index (χ1n) is 7.54. The van der Waals surface area contributed by atoms with Gasteiger partial charge in [-0.15, -0.1) is 11.8 Å². The highest BCUT2D eigenvalue weighted by Gasteiger charge is 2.03. The van der Waals surface area contributed by atoms with Crippen LogP contribution in [0.3, 0.4) is 0 Å². The summed E-state index contributed by atoms with van der Waals surface area (Å²) in [7, 11) is 0. The Balaban J connectivity index is 1.72. The maximum Gasteiger partial charge on any atom is 0.221 e. The summed E-state index contributed by atoms with van der Waals surface area (Å²) < 4.78 is 0. The minimum Gasteiger partial charge on any atom is -0.352 e. The van der Waals surface area contributed by atoms with Gasteiger partial charge in [-0.05, 0) is 54.8 Å². The van der Waals surface area contributed by atoms with Crippen LogP contribution in [0.2, 0.25) is 0 Å². The molecule has 0 saturated carbocycles. The molecule has 0 atom stereocenters. The molecule has 3 nitrogen and oxygen atoms in total. The standard InChI is InChI=1S/C19H20N2OS/c1-14-3-8-18(11-15(14)2)23-10-9-19(22)21-13-17-6-4-16(12-20)5-7-17/h3-8,11H,9-10,13H2,1-2H3,(H,21,22). The largest absolute Gasteiger partial charge is 0.352 e. The van der Waals surface area contributed by atoms with Crippen molar-refractivity contribution in [3.8, 4) is 6.07 Å². The molecule has 0 aliphatic heterocycles. The third-order valence-corrected chi connectivity index (χ3v) is 4.64. The van der Waals surface area contributed by atoms with E-state index in [1.54, 1.807) is 23.9 Å². The average Bonchev–Trinajstić information content (AvgIpc) is 2.56. The topological polar surface area (TPSA) is 52.9 Å². The number of hydrogen-bond acceptors (Lipinski definition) is 3. The number of benzene rings is 2. The van der Waals surface area contributed by atoms with Gasteiger partial charge in [0.25, 0.3) is 0 Å². The van der Waals surface area contributed by atoms with Crippen LogP contribution in [0.5, 0.6) is 0 Å². The van der Waals surface area contributed by atoms with Crippen molar-refractivity contribution in [2.24, 2.45) is 0 Å². The molecule has 0 saturated heterocycles. The van der Waals surface area contributed by atoms with Crippen molar-refractivity contribution in [1.82, 2.24) is 5.32 Å². The van der Waals surface area contributed by atoms with Crippen LogP contribution in [0.4, 0.5) is 0 Å². The minimum absolute atomic E-state index is 0.0469. The van der Waals surface area contributed by atoms with Crippen molar-refractivity contribution in [3.05, 3.63) is 64.7 Å². The molecular formula is C19H20N2OS. The van der Waals surface area contributed by atoms with Crippen LogP contribution in [0.1, 0.15) is 28.7 Å². The number of rotatable bonds is 6. The van der Waals surface area contributed by atoms with E-state index in [9.17, 15) is 4.79 Å². The average molecular weight is 324 g/mol. The molecule has 2 rings (SSSR count). The van der Waals surface area contributed by atoms with Gasteiger partial charge < -0.3 is 5.32 Å². The summed E-state index contributed by atoms with van der Waals surface area (Å²) in [4.78, 5) is 13.1. The van der Waals surface area contributed by atoms with Crippen LogP contribution in [0, 0.1) is 25.2 Å². The number of carbonyl (C=O) groups is 1. The number of hydrogen-bond donors (Lipinski definition) is 1. The van der Waals surface area contributed by atoms with E-state index in [-0.39, 0.29) is 5.91 Å². The van der Waals surface area contributed by atoms with E-state index >= 15 is 0 Å². The van der Waals surface area contributed by atoms with Gasteiger partial charge in [0.1, 0.15) is 0 Å². The molecular weight excluding hydrogens is 304 g/mol. The molecule has 118 valence electrons. The Morgan fingerprint density at radius 1 is 1.13 bits per heavy atom. The highest BCUT2D eigenvalue weighted by molar-refractivity contribution is 7.99. The molecule has 0 unspecified atom stereocenters. The predicted octanol–water partition coefficient (Wildman–Crippen LogP) is 3.97. The van der Waals surface area contributed by atoms with E-state index in [4.69, 9.17) is 5.26 Å². The van der Waals surface area contributed by atoms with Gasteiger partial charge in [0.15, 0.2) is 0 Å². The molecule has 0 spiro atoms. The first-order valence-corrected chi connectivity index (χ1v) is 8.53. The third-order valence-electron chi connectivity index (χ3n) is 3.65. The Hall–Kier alpha value is -2.25. The van der Waals surface area contributed by atoms with E-state index in [1.807, 2.05) is 12.1 Å². The van der Waals surface area contributed by atoms with Crippen molar-refractivity contribution in [2.75, 3.05) is 5.75 Å². The second-order valence-electron chi connectivity index (χ2n) is 5.43. The number of thioether (sulfide) groups is 1. The quantitative estimate of drug-likeness (QED) is 0.818. The molecule has 1 N–H and O–H groups in total. The second kappa shape index (κ2) is 8.40. The van der Waals surface area contributed by atoms with Crippen LogP contribution in [0.15, 0.2) is 47.4 Å². The summed E-state index contributed by atoms with van der Waals surface area (Å²) in [6, 6.07) is 15.7. The van der Waals surface area contributed by atoms with E-state index in [0.717, 1.165) is 11.3 Å². The lowest BCUT2D eigenvalue weighted by molar-refractivity contribution is -0.120. The summed E-state index contributed by atoms with van der Waals surface area (Å²) in [5, 5.41) is 11.7. The van der Waals surface area contributed by atoms with Crippen molar-refractivity contribution in [3.63, 3.8) is 0 Å². The zero-order valence-corrected chi connectivity index (χ0v) is 14.2. The van der Waals surface area contributed by atoms with Crippen LogP contribution >= 0.6 is 11.8 Å². The number of nitriles is 1. The molecule has 0 aromatic heterocycles. The second-order valence-corrected chi connectivity index (χ2v) is 6.60. The number of carbonyl (C=O) groups excluding carboxylic acids is 1. The Morgan fingerprint density at radius 2 is 1.87 bits per heavy atom. The Bertz CT molecular complexity index is 717. The van der Waals surface area contributed by atoms with Crippen molar-refractivity contribution in [2.45, 2.75) is 31.7 Å². The highest BCUT2D eigenvalue weighted by Crippen LogP contribution is 2.21. The lowest BCUT2D eigenvalue weighted by Gasteiger charge is -2.07. The summed E-state index contributed by atoms with van der Waals surface area (Å²) in [5.41, 5.74) is 4.19. The molecule has 0 radical (unpaired) electrons. The summed E-state index contributed by atoms with van der Waals surface area (Å²) in [6.45, 7) is 4.70. The Kier molecular flexibility index (Phi) is 6.25. The molecule has 0 aliphatic rings. The van der Waals surface area contributed by atoms with Gasteiger partial charge in [-0.1, -0.05) is 18.2 Å². The monoisotopic (exact) mass is 324 g/mol. The van der Waals surface area contributed by atoms with E-state index in [0.29, 0.717) is 18.5 Å². The van der Waals surface area contributed by atoms with Gasteiger partial charge in [0.05, 0.1) is 11.6 Å². The number of aryl methyl sites for hydroxylation is 2. The van der Waals surface area contributed by atoms with Gasteiger partial charge in [0.2, 0.25) is 5.91 Å². The molecule has 0 fully saturated rings. The van der Waals surface area contributed by atoms with Crippen LogP contribution in [-0.4, -0.2) is 11.7 Å². The van der Waals surface area contributed by atoms with Crippen LogP contribution in [0.25, 0.3) is 0 Å². The number of amides is 1. The van der Waals surface area contributed by atoms with Gasteiger partial charge in [-0.2, -0.15) is 5.26 Å². The van der Waals surface area contributed by atoms with Crippen LogP contribution < -0.4 is 5.32 Å². The number of nitrogens with one attached hydrogen (secondary N) is 1. The molecule has 1 amide bonds. The Labute approximate surface area is 141 Å². The maximum atomic E-state index is 11.9. The zero-order valence-electron chi connectivity index (χ0n) is 13.4. The van der Waals surface area contributed by atoms with Gasteiger partial charge in [-0.25, -0.2) is 0 Å². The molecule has 23 heavy (non-hydrogen) atoms. The normalized spacial score (nSPS) is 10.1.